The monoisotopic (exact) mass is 1120 g/mol. The number of nitrogens with zero attached hydrogens (tertiary/aromatic N) is 7. The molecule has 7 aromatic rings. The predicted molar refractivity (Wildman–Crippen MR) is 316 cm³/mol. The van der Waals surface area contributed by atoms with Crippen molar-refractivity contribution in [1.82, 2.24) is 43.6 Å². The Labute approximate surface area is 478 Å². The first kappa shape index (κ1) is 59.8. The first-order chi connectivity index (χ1) is 39.3. The first-order valence-electron chi connectivity index (χ1n) is 28.4. The highest BCUT2D eigenvalue weighted by Crippen LogP contribution is 2.40. The molecule has 4 heterocycles. The molecule has 4 amide bonds. The number of nitrogens with one attached hydrogen (secondary N) is 2. The van der Waals surface area contributed by atoms with Crippen LogP contribution in [-0.2, 0) is 42.1 Å². The number of para-hydroxylation sites is 4. The van der Waals surface area contributed by atoms with Gasteiger partial charge in [0.05, 0.1) is 28.2 Å². The first-order valence-corrected chi connectivity index (χ1v) is 28.4. The Morgan fingerprint density at radius 3 is 1.43 bits per heavy atom. The summed E-state index contributed by atoms with van der Waals surface area (Å²) in [5, 5.41) is 25.4. The van der Waals surface area contributed by atoms with Crippen molar-refractivity contribution in [2.24, 2.45) is 5.92 Å². The van der Waals surface area contributed by atoms with Crippen LogP contribution in [-0.4, -0.2) is 118 Å². The van der Waals surface area contributed by atoms with E-state index in [9.17, 15) is 33.9 Å². The van der Waals surface area contributed by atoms with Gasteiger partial charge in [-0.25, -0.2) is 28.8 Å². The van der Waals surface area contributed by atoms with Crippen molar-refractivity contribution in [2.45, 2.75) is 136 Å². The summed E-state index contributed by atoms with van der Waals surface area (Å²) in [6, 6.07) is 45.7. The molecule has 436 valence electrons. The number of carbonyl (C=O) groups excluding carboxylic acids is 2. The number of fused-ring (bicyclic) bond motifs is 2. The number of aryl methyl sites for hydroxylation is 1. The number of carboxylic acid groups (broad SMARTS) is 2. The minimum atomic E-state index is -0.962. The number of alkyl carbamates (subject to hydrolysis) is 2. The van der Waals surface area contributed by atoms with Crippen molar-refractivity contribution in [3.63, 3.8) is 0 Å². The molecule has 9 rings (SSSR count). The quantitative estimate of drug-likeness (QED) is 0.0673. The maximum absolute atomic E-state index is 14.6. The summed E-state index contributed by atoms with van der Waals surface area (Å²) in [7, 11) is 0. The highest BCUT2D eigenvalue weighted by Gasteiger charge is 2.45. The zero-order valence-corrected chi connectivity index (χ0v) is 48.0. The van der Waals surface area contributed by atoms with E-state index in [1.54, 1.807) is 39.4 Å². The van der Waals surface area contributed by atoms with Crippen molar-refractivity contribution in [2.75, 3.05) is 32.7 Å². The van der Waals surface area contributed by atoms with E-state index in [2.05, 4.69) is 51.9 Å². The van der Waals surface area contributed by atoms with Gasteiger partial charge in [0.15, 0.2) is 0 Å². The average molecular weight is 1120 g/mol. The Morgan fingerprint density at radius 1 is 0.549 bits per heavy atom. The molecule has 0 bridgehead atoms. The lowest BCUT2D eigenvalue weighted by Gasteiger charge is -2.49. The van der Waals surface area contributed by atoms with Gasteiger partial charge < -0.3 is 35.2 Å². The molecule has 2 unspecified atom stereocenters. The van der Waals surface area contributed by atoms with Gasteiger partial charge in [0.2, 0.25) is 0 Å². The van der Waals surface area contributed by atoms with Crippen molar-refractivity contribution in [3.05, 3.63) is 177 Å². The molecule has 19 nitrogen and oxygen atoms in total. The highest BCUT2D eigenvalue weighted by atomic mass is 16.6. The fraction of sp³-hybridized carbons (Fsp3) is 0.429. The summed E-state index contributed by atoms with van der Waals surface area (Å²) in [6.07, 6.45) is 0.609. The second-order valence-electron chi connectivity index (χ2n) is 23.1. The van der Waals surface area contributed by atoms with E-state index >= 15 is 0 Å². The van der Waals surface area contributed by atoms with Crippen LogP contribution in [0.15, 0.2) is 149 Å². The van der Waals surface area contributed by atoms with Gasteiger partial charge in [-0.05, 0) is 121 Å². The van der Waals surface area contributed by atoms with Gasteiger partial charge in [-0.1, -0.05) is 115 Å². The van der Waals surface area contributed by atoms with E-state index in [-0.39, 0.29) is 55.6 Å². The van der Waals surface area contributed by atoms with Gasteiger partial charge in [-0.2, -0.15) is 0 Å². The Kier molecular flexibility index (Phi) is 19.7. The SMILES string of the molecule is CC(C)(C)OC(=O)NCCn1c(=O)n(C2CCN(C(=O)O)CC2)c2ccccc21.CC(C)(C)OC(=O)NCCn1c(=O)n(C2CCN(C(=O)O)[C@H](N(Cc3ccccc3)Cc3ccccc3)C2CCCc2ccccc2)c2ccccc21. The Bertz CT molecular complexity index is 3330. The number of ether oxygens (including phenoxy) is 2. The third-order valence-corrected chi connectivity index (χ3v) is 15.0. The van der Waals surface area contributed by atoms with Crippen LogP contribution in [0.1, 0.15) is 102 Å². The maximum Gasteiger partial charge on any atom is 0.408 e. The molecule has 3 atom stereocenters. The number of carbonyl (C=O) groups is 4. The molecule has 5 aromatic carbocycles. The zero-order valence-electron chi connectivity index (χ0n) is 48.0. The number of piperidine rings is 2. The number of imidazole rings is 2. The van der Waals surface area contributed by atoms with E-state index in [0.29, 0.717) is 58.4 Å². The molecular formula is C63H79N9O10. The minimum absolute atomic E-state index is 0.0527. The third kappa shape index (κ3) is 15.4. The number of likely N-dealkylation sites (tertiary alicyclic amines) is 2. The molecular weight excluding hydrogens is 1040 g/mol. The van der Waals surface area contributed by atoms with Crippen LogP contribution < -0.4 is 22.0 Å². The largest absolute Gasteiger partial charge is 0.465 e. The number of hydrogen-bond acceptors (Lipinski definition) is 9. The van der Waals surface area contributed by atoms with Crippen molar-refractivity contribution in [3.8, 4) is 0 Å². The average Bonchev–Trinajstić information content (AvgIpc) is 4.10. The zero-order chi connectivity index (χ0) is 58.6. The van der Waals surface area contributed by atoms with Gasteiger partial charge >= 0.3 is 35.8 Å². The minimum Gasteiger partial charge on any atom is -0.465 e. The number of benzene rings is 5. The Balaban J connectivity index is 0.000000256. The molecule has 19 heteroatoms. The smallest absolute Gasteiger partial charge is 0.408 e. The molecule has 2 aliphatic heterocycles. The molecule has 2 aromatic heterocycles. The summed E-state index contributed by atoms with van der Waals surface area (Å²) in [5.41, 5.74) is 5.06. The van der Waals surface area contributed by atoms with Gasteiger partial charge in [0.1, 0.15) is 11.2 Å². The van der Waals surface area contributed by atoms with Crippen LogP contribution in [0.3, 0.4) is 0 Å². The summed E-state index contributed by atoms with van der Waals surface area (Å²) < 4.78 is 17.7. The molecule has 0 aliphatic carbocycles. The lowest BCUT2D eigenvalue weighted by atomic mass is 9.83. The number of amides is 4. The Hall–Kier alpha value is -8.32. The second-order valence-corrected chi connectivity index (χ2v) is 23.1. The molecule has 2 aliphatic rings. The maximum atomic E-state index is 14.6. The van der Waals surface area contributed by atoms with Crippen LogP contribution in [0, 0.1) is 5.92 Å². The fourth-order valence-corrected chi connectivity index (χ4v) is 11.5. The lowest BCUT2D eigenvalue weighted by molar-refractivity contribution is -0.0493. The van der Waals surface area contributed by atoms with Gasteiger partial charge in [-0.15, -0.1) is 0 Å². The standard InChI is InChI=1S/C43H51N5O5.C20H28N4O5/c1-43(2,3)53-40(49)44-27-29-46-37-24-13-14-25-38(37)48(41(46)50)36-26-28-47(42(51)52)39(35(36)23-15-22-32-16-7-4-8-17-32)45(30-33-18-9-5-10-19-33)31-34-20-11-6-12-21-34;1-20(2,3)29-17(25)21-10-13-23-15-6-4-5-7-16(15)24(18(23)26)14-8-11-22(12-9-14)19(27)28/h4-14,16-21,24-25,35-36,39H,15,22-23,26-31H2,1-3H3,(H,44,49)(H,51,52);4-7,14H,8-13H2,1-3H3,(H,21,25)(H,27,28)/t35?,36?,39-;/m0./s1. The molecule has 82 heavy (non-hydrogen) atoms. The number of aromatic nitrogens is 4. The van der Waals surface area contributed by atoms with Crippen molar-refractivity contribution < 1.29 is 38.9 Å². The molecule has 0 saturated carbocycles. The Morgan fingerprint density at radius 2 is 0.976 bits per heavy atom. The van der Waals surface area contributed by atoms with Gasteiger partial charge in [-0.3, -0.25) is 28.1 Å². The van der Waals surface area contributed by atoms with Crippen LogP contribution in [0.5, 0.6) is 0 Å². The van der Waals surface area contributed by atoms with Crippen LogP contribution in [0.2, 0.25) is 0 Å². The molecule has 2 saturated heterocycles. The van der Waals surface area contributed by atoms with E-state index < -0.39 is 41.7 Å². The van der Waals surface area contributed by atoms with E-state index in [0.717, 1.165) is 46.0 Å². The fourth-order valence-electron chi connectivity index (χ4n) is 11.5. The summed E-state index contributed by atoms with van der Waals surface area (Å²) in [6.45, 7) is 14.0. The van der Waals surface area contributed by atoms with Crippen LogP contribution in [0.25, 0.3) is 22.1 Å². The highest BCUT2D eigenvalue weighted by molar-refractivity contribution is 5.77. The van der Waals surface area contributed by atoms with Gasteiger partial charge in [0.25, 0.3) is 0 Å². The van der Waals surface area contributed by atoms with Crippen molar-refractivity contribution >= 4 is 46.4 Å². The number of hydrogen-bond donors (Lipinski definition) is 4. The summed E-state index contributed by atoms with van der Waals surface area (Å²) in [5.74, 6) is -0.215. The second kappa shape index (κ2) is 27.0. The van der Waals surface area contributed by atoms with Crippen molar-refractivity contribution in [1.29, 1.82) is 0 Å². The van der Waals surface area contributed by atoms with Crippen LogP contribution >= 0.6 is 0 Å². The van der Waals surface area contributed by atoms with Gasteiger partial charge in [0, 0.05) is 76.9 Å². The molecule has 0 spiro atoms. The topological polar surface area (TPSA) is 215 Å². The molecule has 4 N–H and O–H groups in total. The normalized spacial score (nSPS) is 16.8. The van der Waals surface area contributed by atoms with Crippen LogP contribution in [0.4, 0.5) is 19.2 Å². The molecule has 0 radical (unpaired) electrons. The summed E-state index contributed by atoms with van der Waals surface area (Å²) in [4.78, 5) is 81.7. The lowest BCUT2D eigenvalue weighted by Crippen LogP contribution is -2.59. The molecule has 2 fully saturated rings. The summed E-state index contributed by atoms with van der Waals surface area (Å²) >= 11 is 0. The van der Waals surface area contributed by atoms with E-state index in [1.807, 2.05) is 128 Å². The number of rotatable bonds is 17. The van der Waals surface area contributed by atoms with E-state index in [1.165, 1.54) is 10.5 Å². The van der Waals surface area contributed by atoms with E-state index in [4.69, 9.17) is 14.6 Å². The third-order valence-electron chi connectivity index (χ3n) is 15.0. The predicted octanol–water partition coefficient (Wildman–Crippen LogP) is 10.6.